The zero-order chi connectivity index (χ0) is 35.1. The molecule has 53 heavy (non-hydrogen) atoms. The Balaban J connectivity index is 1.16. The Morgan fingerprint density at radius 3 is 1.53 bits per heavy atom. The van der Waals surface area contributed by atoms with Gasteiger partial charge in [-0.15, -0.1) is 11.3 Å². The fourth-order valence-electron chi connectivity index (χ4n) is 7.39. The van der Waals surface area contributed by atoms with Crippen molar-refractivity contribution in [2.45, 2.75) is 0 Å². The maximum atomic E-state index is 5.24. The standard InChI is InChI=1S/C50H32N2S/c1-4-12-33(13-5-1)35-20-22-37(23-21-35)45-32-46(52-50(51-45)38-17-8-3-9-18-38)42-29-40(34-14-6-2-7-15-34)28-41(30-42)39-25-26-47-44(31-39)49-43-19-11-10-16-36(43)24-27-48(49)53-47/h1-32H. The van der Waals surface area contributed by atoms with Crippen LogP contribution < -0.4 is 0 Å². The van der Waals surface area contributed by atoms with Gasteiger partial charge in [-0.3, -0.25) is 0 Å². The van der Waals surface area contributed by atoms with Gasteiger partial charge in [0.1, 0.15) is 0 Å². The molecule has 0 saturated carbocycles. The molecular weight excluding hydrogens is 661 g/mol. The van der Waals surface area contributed by atoms with E-state index in [1.54, 1.807) is 0 Å². The predicted molar refractivity (Wildman–Crippen MR) is 225 cm³/mol. The topological polar surface area (TPSA) is 25.8 Å². The van der Waals surface area contributed by atoms with Crippen LogP contribution in [-0.4, -0.2) is 9.97 Å². The number of benzene rings is 8. The van der Waals surface area contributed by atoms with E-state index in [1.165, 1.54) is 47.6 Å². The lowest BCUT2D eigenvalue weighted by Crippen LogP contribution is -1.96. The fraction of sp³-hybridized carbons (Fsp3) is 0. The molecule has 0 atom stereocenters. The third-order valence-corrected chi connectivity index (χ3v) is 11.2. The molecule has 2 aromatic heterocycles. The normalized spacial score (nSPS) is 11.4. The molecule has 0 aliphatic heterocycles. The number of rotatable bonds is 6. The zero-order valence-electron chi connectivity index (χ0n) is 28.8. The SMILES string of the molecule is c1ccc(-c2ccc(-c3cc(-c4cc(-c5ccccc5)cc(-c5ccc6sc7ccc8ccccc8c7c6c5)c4)nc(-c4ccccc4)n3)cc2)cc1. The molecule has 0 spiro atoms. The van der Waals surface area contributed by atoms with Crippen molar-refractivity contribution in [3.8, 4) is 67.3 Å². The van der Waals surface area contributed by atoms with Gasteiger partial charge in [-0.2, -0.15) is 0 Å². The molecule has 0 N–H and O–H groups in total. The Morgan fingerprint density at radius 1 is 0.302 bits per heavy atom. The summed E-state index contributed by atoms with van der Waals surface area (Å²) in [6.45, 7) is 0. The second-order valence-corrected chi connectivity index (χ2v) is 14.5. The summed E-state index contributed by atoms with van der Waals surface area (Å²) in [7, 11) is 0. The number of fused-ring (bicyclic) bond motifs is 5. The molecule has 0 aliphatic carbocycles. The molecule has 2 heterocycles. The van der Waals surface area contributed by atoms with E-state index in [0.29, 0.717) is 5.82 Å². The summed E-state index contributed by atoms with van der Waals surface area (Å²) >= 11 is 1.86. The van der Waals surface area contributed by atoms with Crippen molar-refractivity contribution in [2.75, 3.05) is 0 Å². The lowest BCUT2D eigenvalue weighted by molar-refractivity contribution is 1.18. The summed E-state index contributed by atoms with van der Waals surface area (Å²) in [4.78, 5) is 10.4. The summed E-state index contributed by atoms with van der Waals surface area (Å²) in [5.74, 6) is 0.704. The summed E-state index contributed by atoms with van der Waals surface area (Å²) in [6, 6.07) is 69.2. The number of nitrogens with zero attached hydrogens (tertiary/aromatic N) is 2. The van der Waals surface area contributed by atoms with E-state index in [1.807, 2.05) is 35.6 Å². The van der Waals surface area contributed by atoms with E-state index < -0.39 is 0 Å². The smallest absolute Gasteiger partial charge is 0.160 e. The molecule has 248 valence electrons. The van der Waals surface area contributed by atoms with Gasteiger partial charge in [0.2, 0.25) is 0 Å². The maximum absolute atomic E-state index is 5.24. The first-order valence-corrected chi connectivity index (χ1v) is 18.7. The highest BCUT2D eigenvalue weighted by Crippen LogP contribution is 2.41. The summed E-state index contributed by atoms with van der Waals surface area (Å²) in [5, 5.41) is 5.18. The van der Waals surface area contributed by atoms with Gasteiger partial charge >= 0.3 is 0 Å². The van der Waals surface area contributed by atoms with Crippen molar-refractivity contribution in [1.29, 1.82) is 0 Å². The second kappa shape index (κ2) is 13.1. The molecule has 0 radical (unpaired) electrons. The van der Waals surface area contributed by atoms with Crippen LogP contribution in [0.4, 0.5) is 0 Å². The van der Waals surface area contributed by atoms with Crippen molar-refractivity contribution in [2.24, 2.45) is 0 Å². The Bertz CT molecular complexity index is 2910. The monoisotopic (exact) mass is 692 g/mol. The minimum absolute atomic E-state index is 0.704. The zero-order valence-corrected chi connectivity index (χ0v) is 29.6. The first kappa shape index (κ1) is 31.1. The molecule has 0 amide bonds. The third-order valence-electron chi connectivity index (χ3n) is 10.1. The van der Waals surface area contributed by atoms with Crippen LogP contribution in [0.2, 0.25) is 0 Å². The van der Waals surface area contributed by atoms with Crippen LogP contribution in [0.15, 0.2) is 194 Å². The molecule has 0 aliphatic rings. The Kier molecular flexibility index (Phi) is 7.71. The largest absolute Gasteiger partial charge is 0.228 e. The molecule has 0 bridgehead atoms. The highest BCUT2D eigenvalue weighted by Gasteiger charge is 2.15. The van der Waals surface area contributed by atoms with Gasteiger partial charge in [0, 0.05) is 36.9 Å². The van der Waals surface area contributed by atoms with Crippen molar-refractivity contribution in [1.82, 2.24) is 9.97 Å². The lowest BCUT2D eigenvalue weighted by Gasteiger charge is -2.14. The van der Waals surface area contributed by atoms with Crippen LogP contribution >= 0.6 is 11.3 Å². The van der Waals surface area contributed by atoms with Gasteiger partial charge in [-0.05, 0) is 86.6 Å². The molecule has 10 rings (SSSR count). The molecular formula is C50H32N2S. The van der Waals surface area contributed by atoms with Gasteiger partial charge < -0.3 is 0 Å². The molecule has 10 aromatic rings. The van der Waals surface area contributed by atoms with Gasteiger partial charge in [-0.25, -0.2) is 9.97 Å². The van der Waals surface area contributed by atoms with Crippen LogP contribution in [0.5, 0.6) is 0 Å². The van der Waals surface area contributed by atoms with Crippen LogP contribution in [-0.2, 0) is 0 Å². The number of hydrogen-bond acceptors (Lipinski definition) is 3. The van der Waals surface area contributed by atoms with Crippen LogP contribution in [0, 0.1) is 0 Å². The third kappa shape index (κ3) is 5.87. The fourth-order valence-corrected chi connectivity index (χ4v) is 8.49. The van der Waals surface area contributed by atoms with Crippen LogP contribution in [0.1, 0.15) is 0 Å². The van der Waals surface area contributed by atoms with E-state index in [0.717, 1.165) is 44.8 Å². The average Bonchev–Trinajstić information content (AvgIpc) is 3.63. The van der Waals surface area contributed by atoms with Gasteiger partial charge in [0.05, 0.1) is 11.4 Å². The molecule has 0 saturated heterocycles. The second-order valence-electron chi connectivity index (χ2n) is 13.4. The minimum Gasteiger partial charge on any atom is -0.228 e. The van der Waals surface area contributed by atoms with Crippen molar-refractivity contribution in [3.05, 3.63) is 194 Å². The Morgan fingerprint density at radius 2 is 0.811 bits per heavy atom. The van der Waals surface area contributed by atoms with E-state index in [-0.39, 0.29) is 0 Å². The van der Waals surface area contributed by atoms with E-state index >= 15 is 0 Å². The molecule has 2 nitrogen and oxygen atoms in total. The van der Waals surface area contributed by atoms with Crippen molar-refractivity contribution in [3.63, 3.8) is 0 Å². The van der Waals surface area contributed by atoms with Gasteiger partial charge in [-0.1, -0.05) is 152 Å². The Labute approximate surface area is 312 Å². The summed E-state index contributed by atoms with van der Waals surface area (Å²) in [5.41, 5.74) is 11.9. The number of thiophene rings is 1. The predicted octanol–water partition coefficient (Wildman–Crippen LogP) is 14.0. The first-order chi connectivity index (χ1) is 26.2. The number of hydrogen-bond donors (Lipinski definition) is 0. The summed E-state index contributed by atoms with van der Waals surface area (Å²) < 4.78 is 2.61. The molecule has 3 heteroatoms. The molecule has 0 unspecified atom stereocenters. The van der Waals surface area contributed by atoms with Crippen molar-refractivity contribution >= 4 is 42.3 Å². The quantitative estimate of drug-likeness (QED) is 0.173. The highest BCUT2D eigenvalue weighted by molar-refractivity contribution is 7.26. The van der Waals surface area contributed by atoms with Crippen LogP contribution in [0.25, 0.3) is 98.2 Å². The average molecular weight is 693 g/mol. The van der Waals surface area contributed by atoms with E-state index in [4.69, 9.17) is 9.97 Å². The molecule has 8 aromatic carbocycles. The van der Waals surface area contributed by atoms with Gasteiger partial charge in [0.25, 0.3) is 0 Å². The maximum Gasteiger partial charge on any atom is 0.160 e. The first-order valence-electron chi connectivity index (χ1n) is 17.9. The summed E-state index contributed by atoms with van der Waals surface area (Å²) in [6.07, 6.45) is 0. The van der Waals surface area contributed by atoms with Crippen molar-refractivity contribution < 1.29 is 0 Å². The minimum atomic E-state index is 0.704. The number of aromatic nitrogens is 2. The highest BCUT2D eigenvalue weighted by atomic mass is 32.1. The van der Waals surface area contributed by atoms with E-state index in [9.17, 15) is 0 Å². The Hall–Kier alpha value is -6.68. The van der Waals surface area contributed by atoms with Gasteiger partial charge in [0.15, 0.2) is 5.82 Å². The molecule has 0 fully saturated rings. The van der Waals surface area contributed by atoms with E-state index in [2.05, 4.69) is 170 Å². The lowest BCUT2D eigenvalue weighted by atomic mass is 9.93. The van der Waals surface area contributed by atoms with Crippen LogP contribution in [0.3, 0.4) is 0 Å².